The van der Waals surface area contributed by atoms with Gasteiger partial charge in [-0.25, -0.2) is 4.79 Å². The molecule has 2 amide bonds. The van der Waals surface area contributed by atoms with Crippen LogP contribution in [-0.4, -0.2) is 42.1 Å². The van der Waals surface area contributed by atoms with Gasteiger partial charge in [0.15, 0.2) is 0 Å². The Bertz CT molecular complexity index is 540. The van der Waals surface area contributed by atoms with Gasteiger partial charge in [0, 0.05) is 19.7 Å². The van der Waals surface area contributed by atoms with Gasteiger partial charge in [-0.1, -0.05) is 12.1 Å². The molecule has 0 aliphatic carbocycles. The van der Waals surface area contributed by atoms with Crippen LogP contribution < -0.4 is 10.1 Å². The molecule has 8 heteroatoms. The molecule has 134 valence electrons. The monoisotopic (exact) mass is 346 g/mol. The molecule has 0 aromatic heterocycles. The topological polar surface area (TPSA) is 61.8 Å². The summed E-state index contributed by atoms with van der Waals surface area (Å²) in [6, 6.07) is 4.87. The molecule has 1 aliphatic rings. The number of hydrogen-bond donors (Lipinski definition) is 2. The molecular formula is C16H21F3N2O3. The van der Waals surface area contributed by atoms with E-state index in [9.17, 15) is 18.0 Å². The maximum atomic E-state index is 12.2. The van der Waals surface area contributed by atoms with Crippen LogP contribution in [-0.2, 0) is 0 Å². The Balaban J connectivity index is 1.87. The second kappa shape index (κ2) is 7.74. The second-order valence-corrected chi connectivity index (χ2v) is 5.90. The van der Waals surface area contributed by atoms with Crippen LogP contribution in [0.3, 0.4) is 0 Å². The molecule has 1 heterocycles. The lowest BCUT2D eigenvalue weighted by molar-refractivity contribution is -0.274. The highest BCUT2D eigenvalue weighted by molar-refractivity contribution is 5.74. The van der Waals surface area contributed by atoms with Crippen molar-refractivity contribution in [3.8, 4) is 5.75 Å². The molecule has 1 unspecified atom stereocenters. The fourth-order valence-corrected chi connectivity index (χ4v) is 2.64. The van der Waals surface area contributed by atoms with Gasteiger partial charge in [0.2, 0.25) is 0 Å². The molecule has 1 atom stereocenters. The minimum absolute atomic E-state index is 0.137. The van der Waals surface area contributed by atoms with Crippen LogP contribution >= 0.6 is 0 Å². The molecule has 1 aromatic rings. The lowest BCUT2D eigenvalue weighted by atomic mass is 9.98. The number of nitrogens with one attached hydrogen (secondary N) is 1. The van der Waals surface area contributed by atoms with Gasteiger partial charge >= 0.3 is 12.4 Å². The van der Waals surface area contributed by atoms with Gasteiger partial charge in [-0.3, -0.25) is 0 Å². The van der Waals surface area contributed by atoms with E-state index in [0.717, 1.165) is 12.8 Å². The first kappa shape index (κ1) is 18.4. The smallest absolute Gasteiger partial charge is 0.406 e. The van der Waals surface area contributed by atoms with Crippen LogP contribution in [0.15, 0.2) is 24.3 Å². The Hall–Kier alpha value is -1.96. The van der Waals surface area contributed by atoms with Crippen LogP contribution in [0.5, 0.6) is 5.75 Å². The number of ether oxygens (including phenoxy) is 1. The van der Waals surface area contributed by atoms with E-state index in [0.29, 0.717) is 18.7 Å². The van der Waals surface area contributed by atoms with E-state index in [2.05, 4.69) is 10.1 Å². The fourth-order valence-electron chi connectivity index (χ4n) is 2.64. The first-order chi connectivity index (χ1) is 11.3. The number of rotatable bonds is 4. The van der Waals surface area contributed by atoms with Gasteiger partial charge in [-0.2, -0.15) is 0 Å². The minimum Gasteiger partial charge on any atom is -0.406 e. The zero-order chi connectivity index (χ0) is 17.7. The normalized spacial score (nSPS) is 17.5. The van der Waals surface area contributed by atoms with E-state index in [4.69, 9.17) is 5.11 Å². The zero-order valence-corrected chi connectivity index (χ0v) is 13.3. The van der Waals surface area contributed by atoms with Crippen LogP contribution in [0.2, 0.25) is 0 Å². The van der Waals surface area contributed by atoms with E-state index < -0.39 is 6.36 Å². The third-order valence-electron chi connectivity index (χ3n) is 4.11. The predicted octanol–water partition coefficient (Wildman–Crippen LogP) is 3.06. The summed E-state index contributed by atoms with van der Waals surface area (Å²) in [6.07, 6.45) is -3.19. The number of carbonyl (C=O) groups is 1. The molecule has 1 saturated heterocycles. The quantitative estimate of drug-likeness (QED) is 0.881. The van der Waals surface area contributed by atoms with Crippen LogP contribution in [0.4, 0.5) is 18.0 Å². The Kier molecular flexibility index (Phi) is 5.93. The summed E-state index contributed by atoms with van der Waals surface area (Å²) in [5, 5.41) is 11.9. The molecular weight excluding hydrogens is 325 g/mol. The van der Waals surface area contributed by atoms with Gasteiger partial charge in [0.05, 0.1) is 6.04 Å². The number of hydrogen-bond acceptors (Lipinski definition) is 3. The number of piperidine rings is 1. The molecule has 24 heavy (non-hydrogen) atoms. The maximum absolute atomic E-state index is 12.2. The Morgan fingerprint density at radius 2 is 1.92 bits per heavy atom. The predicted molar refractivity (Wildman–Crippen MR) is 81.5 cm³/mol. The van der Waals surface area contributed by atoms with Gasteiger partial charge < -0.3 is 20.1 Å². The number of alkyl halides is 3. The van der Waals surface area contributed by atoms with Crippen molar-refractivity contribution in [2.45, 2.75) is 32.2 Å². The summed E-state index contributed by atoms with van der Waals surface area (Å²) in [4.78, 5) is 13.9. The fraction of sp³-hybridized carbons (Fsp3) is 0.562. The molecule has 1 aliphatic heterocycles. The number of halogens is 3. The van der Waals surface area contributed by atoms with Crippen LogP contribution in [0.25, 0.3) is 0 Å². The highest BCUT2D eigenvalue weighted by Crippen LogP contribution is 2.24. The van der Waals surface area contributed by atoms with Gasteiger partial charge in [0.25, 0.3) is 0 Å². The third kappa shape index (κ3) is 5.30. The molecule has 1 aromatic carbocycles. The number of nitrogens with zero attached hydrogens (tertiary/aromatic N) is 1. The van der Waals surface area contributed by atoms with Gasteiger partial charge in [0.1, 0.15) is 5.75 Å². The first-order valence-corrected chi connectivity index (χ1v) is 7.80. The number of carbonyl (C=O) groups excluding carboxylic acids is 1. The summed E-state index contributed by atoms with van der Waals surface area (Å²) in [5.74, 6) is -0.0523. The SMILES string of the molecule is CC(NC(=O)N1CCC(CO)CC1)c1ccc(OC(F)(F)F)cc1. The second-order valence-electron chi connectivity index (χ2n) is 5.90. The summed E-state index contributed by atoms with van der Waals surface area (Å²) >= 11 is 0. The Labute approximate surface area is 138 Å². The van der Waals surface area contributed by atoms with Crippen molar-refractivity contribution < 1.29 is 27.8 Å². The number of aliphatic hydroxyl groups excluding tert-OH is 1. The summed E-state index contributed by atoms with van der Waals surface area (Å²) in [7, 11) is 0. The zero-order valence-electron chi connectivity index (χ0n) is 13.3. The molecule has 0 radical (unpaired) electrons. The van der Waals surface area contributed by atoms with Crippen LogP contribution in [0.1, 0.15) is 31.4 Å². The van der Waals surface area contributed by atoms with Crippen LogP contribution in [0, 0.1) is 5.92 Å². The molecule has 1 fully saturated rings. The van der Waals surface area contributed by atoms with E-state index in [1.54, 1.807) is 11.8 Å². The summed E-state index contributed by atoms with van der Waals surface area (Å²) < 4.78 is 40.2. The van der Waals surface area contributed by atoms with Crippen molar-refractivity contribution in [3.63, 3.8) is 0 Å². The minimum atomic E-state index is -4.72. The van der Waals surface area contributed by atoms with Crippen molar-refractivity contribution in [3.05, 3.63) is 29.8 Å². The van der Waals surface area contributed by atoms with Gasteiger partial charge in [-0.05, 0) is 43.4 Å². The standard InChI is InChI=1S/C16H21F3N2O3/c1-11(13-2-4-14(5-3-13)24-16(17,18)19)20-15(23)21-8-6-12(10-22)7-9-21/h2-5,11-12,22H,6-10H2,1H3,(H,20,23). The van der Waals surface area contributed by atoms with Crippen molar-refractivity contribution in [2.75, 3.05) is 19.7 Å². The van der Waals surface area contributed by atoms with E-state index in [1.807, 2.05) is 0 Å². The maximum Gasteiger partial charge on any atom is 0.573 e. The van der Waals surface area contributed by atoms with Gasteiger partial charge in [-0.15, -0.1) is 13.2 Å². The number of benzene rings is 1. The molecule has 0 bridgehead atoms. The van der Waals surface area contributed by atoms with E-state index in [-0.39, 0.29) is 30.3 Å². The number of amides is 2. The molecule has 2 N–H and O–H groups in total. The summed E-state index contributed by atoms with van der Waals surface area (Å²) in [6.45, 7) is 3.07. The lowest BCUT2D eigenvalue weighted by Crippen LogP contribution is -2.45. The van der Waals surface area contributed by atoms with Crippen molar-refractivity contribution >= 4 is 6.03 Å². The van der Waals surface area contributed by atoms with Crippen molar-refractivity contribution in [2.24, 2.45) is 5.92 Å². The number of likely N-dealkylation sites (tertiary alicyclic amines) is 1. The first-order valence-electron chi connectivity index (χ1n) is 7.80. The third-order valence-corrected chi connectivity index (χ3v) is 4.11. The molecule has 5 nitrogen and oxygen atoms in total. The summed E-state index contributed by atoms with van der Waals surface area (Å²) in [5.41, 5.74) is 0.683. The van der Waals surface area contributed by atoms with E-state index >= 15 is 0 Å². The molecule has 0 spiro atoms. The largest absolute Gasteiger partial charge is 0.573 e. The molecule has 2 rings (SSSR count). The Morgan fingerprint density at radius 1 is 1.33 bits per heavy atom. The average Bonchev–Trinajstić information content (AvgIpc) is 2.54. The van der Waals surface area contributed by atoms with Crippen molar-refractivity contribution in [1.29, 1.82) is 0 Å². The lowest BCUT2D eigenvalue weighted by Gasteiger charge is -2.32. The number of urea groups is 1. The van der Waals surface area contributed by atoms with E-state index in [1.165, 1.54) is 24.3 Å². The average molecular weight is 346 g/mol. The molecule has 0 saturated carbocycles. The Morgan fingerprint density at radius 3 is 2.42 bits per heavy atom. The van der Waals surface area contributed by atoms with Crippen molar-refractivity contribution in [1.82, 2.24) is 10.2 Å². The number of aliphatic hydroxyl groups is 1. The highest BCUT2D eigenvalue weighted by Gasteiger charge is 2.31. The highest BCUT2D eigenvalue weighted by atomic mass is 19.4.